The SMILES string of the molecule is O=S(CCc1ccccc1Cl)c1ncccc1Cl. The number of nitrogens with zero attached hydrogens (tertiary/aromatic N) is 1. The van der Waals surface area contributed by atoms with Crippen molar-refractivity contribution >= 4 is 34.0 Å². The van der Waals surface area contributed by atoms with Crippen LogP contribution in [0.25, 0.3) is 0 Å². The van der Waals surface area contributed by atoms with Crippen LogP contribution in [0.5, 0.6) is 0 Å². The van der Waals surface area contributed by atoms with E-state index in [4.69, 9.17) is 23.2 Å². The molecular formula is C13H11Cl2NOS. The van der Waals surface area contributed by atoms with Crippen LogP contribution in [-0.4, -0.2) is 14.9 Å². The minimum absolute atomic E-state index is 0.436. The summed E-state index contributed by atoms with van der Waals surface area (Å²) in [6.07, 6.45) is 2.23. The standard InChI is InChI=1S/C13H11Cl2NOS/c14-11-5-2-1-4-10(11)7-9-18(17)13-12(15)6-3-8-16-13/h1-6,8H,7,9H2. The van der Waals surface area contributed by atoms with Crippen molar-refractivity contribution in [1.29, 1.82) is 0 Å². The molecule has 2 nitrogen and oxygen atoms in total. The number of hydrogen-bond donors (Lipinski definition) is 0. The fourth-order valence-electron chi connectivity index (χ4n) is 1.54. The van der Waals surface area contributed by atoms with E-state index in [1.807, 2.05) is 24.3 Å². The van der Waals surface area contributed by atoms with Crippen LogP contribution in [0.4, 0.5) is 0 Å². The van der Waals surface area contributed by atoms with Crippen LogP contribution in [0.3, 0.4) is 0 Å². The average molecular weight is 300 g/mol. The Balaban J connectivity index is 2.06. The Kier molecular flexibility index (Phi) is 4.75. The summed E-state index contributed by atoms with van der Waals surface area (Å²) in [5.74, 6) is 0.459. The molecule has 0 aliphatic heterocycles. The summed E-state index contributed by atoms with van der Waals surface area (Å²) in [6.45, 7) is 0. The van der Waals surface area contributed by atoms with Gasteiger partial charge in [-0.25, -0.2) is 4.98 Å². The van der Waals surface area contributed by atoms with Crippen molar-refractivity contribution in [1.82, 2.24) is 4.98 Å². The van der Waals surface area contributed by atoms with E-state index in [9.17, 15) is 4.21 Å². The van der Waals surface area contributed by atoms with E-state index >= 15 is 0 Å². The second kappa shape index (κ2) is 6.32. The first-order chi connectivity index (χ1) is 8.68. The summed E-state index contributed by atoms with van der Waals surface area (Å²) >= 11 is 12.0. The highest BCUT2D eigenvalue weighted by molar-refractivity contribution is 7.85. The van der Waals surface area contributed by atoms with E-state index in [0.29, 0.717) is 27.2 Å². The van der Waals surface area contributed by atoms with Crippen molar-refractivity contribution in [3.63, 3.8) is 0 Å². The van der Waals surface area contributed by atoms with Gasteiger partial charge >= 0.3 is 0 Å². The molecule has 0 N–H and O–H groups in total. The molecule has 0 bridgehead atoms. The Bertz CT molecular complexity index is 574. The molecule has 0 saturated heterocycles. The molecule has 0 spiro atoms. The first-order valence-electron chi connectivity index (χ1n) is 5.41. The van der Waals surface area contributed by atoms with Crippen LogP contribution >= 0.6 is 23.2 Å². The van der Waals surface area contributed by atoms with Crippen molar-refractivity contribution in [3.05, 3.63) is 58.2 Å². The molecule has 1 unspecified atom stereocenters. The number of rotatable bonds is 4. The molecule has 2 rings (SSSR count). The first kappa shape index (κ1) is 13.5. The zero-order chi connectivity index (χ0) is 13.0. The van der Waals surface area contributed by atoms with E-state index in [-0.39, 0.29) is 0 Å². The number of pyridine rings is 1. The second-order valence-corrected chi connectivity index (χ2v) is 5.98. The number of aryl methyl sites for hydroxylation is 1. The molecule has 0 saturated carbocycles. The van der Waals surface area contributed by atoms with Crippen LogP contribution in [0.1, 0.15) is 5.56 Å². The Hall–Kier alpha value is -0.900. The normalized spacial score (nSPS) is 12.3. The van der Waals surface area contributed by atoms with Crippen LogP contribution in [0.15, 0.2) is 47.6 Å². The van der Waals surface area contributed by atoms with Crippen LogP contribution in [0, 0.1) is 0 Å². The van der Waals surface area contributed by atoms with Gasteiger partial charge in [-0.1, -0.05) is 41.4 Å². The molecule has 0 fully saturated rings. The number of aromatic nitrogens is 1. The van der Waals surface area contributed by atoms with E-state index in [1.54, 1.807) is 18.3 Å². The van der Waals surface area contributed by atoms with Gasteiger partial charge in [0.05, 0.1) is 15.8 Å². The molecule has 2 aromatic rings. The van der Waals surface area contributed by atoms with Crippen molar-refractivity contribution in [3.8, 4) is 0 Å². The molecule has 0 aliphatic carbocycles. The van der Waals surface area contributed by atoms with Crippen LogP contribution < -0.4 is 0 Å². The minimum Gasteiger partial charge on any atom is -0.253 e. The lowest BCUT2D eigenvalue weighted by Gasteiger charge is -2.05. The van der Waals surface area contributed by atoms with Gasteiger partial charge in [0.1, 0.15) is 5.03 Å². The highest BCUT2D eigenvalue weighted by atomic mass is 35.5. The van der Waals surface area contributed by atoms with Gasteiger partial charge in [0.25, 0.3) is 0 Å². The molecule has 1 aromatic heterocycles. The summed E-state index contributed by atoms with van der Waals surface area (Å²) in [5, 5.41) is 1.57. The highest BCUT2D eigenvalue weighted by Crippen LogP contribution is 2.19. The van der Waals surface area contributed by atoms with Crippen LogP contribution in [-0.2, 0) is 17.2 Å². The third-order valence-corrected chi connectivity index (χ3v) is 4.57. The number of hydrogen-bond acceptors (Lipinski definition) is 2. The highest BCUT2D eigenvalue weighted by Gasteiger charge is 2.10. The topological polar surface area (TPSA) is 30.0 Å². The lowest BCUT2D eigenvalue weighted by Crippen LogP contribution is -2.04. The van der Waals surface area contributed by atoms with Gasteiger partial charge in [0.15, 0.2) is 0 Å². The molecule has 1 atom stereocenters. The van der Waals surface area contributed by atoms with Crippen molar-refractivity contribution < 1.29 is 4.21 Å². The lowest BCUT2D eigenvalue weighted by molar-refractivity contribution is 0.679. The van der Waals surface area contributed by atoms with Gasteiger partial charge < -0.3 is 0 Å². The molecule has 1 heterocycles. The third kappa shape index (κ3) is 3.31. The van der Waals surface area contributed by atoms with Gasteiger partial charge in [-0.05, 0) is 30.2 Å². The Morgan fingerprint density at radius 3 is 2.50 bits per heavy atom. The predicted octanol–water partition coefficient (Wildman–Crippen LogP) is 3.74. The fraction of sp³-hybridized carbons (Fsp3) is 0.154. The zero-order valence-electron chi connectivity index (χ0n) is 9.48. The first-order valence-corrected chi connectivity index (χ1v) is 7.48. The van der Waals surface area contributed by atoms with Gasteiger partial charge in [-0.15, -0.1) is 0 Å². The summed E-state index contributed by atoms with van der Waals surface area (Å²) in [7, 11) is -1.21. The summed E-state index contributed by atoms with van der Waals surface area (Å²) < 4.78 is 12.1. The van der Waals surface area contributed by atoms with Gasteiger partial charge in [-0.3, -0.25) is 4.21 Å². The monoisotopic (exact) mass is 299 g/mol. The molecule has 5 heteroatoms. The van der Waals surface area contributed by atoms with E-state index in [2.05, 4.69) is 4.98 Å². The summed E-state index contributed by atoms with van der Waals surface area (Å²) in [5.41, 5.74) is 0.986. The Labute approximate surface area is 118 Å². The van der Waals surface area contributed by atoms with Crippen LogP contribution in [0.2, 0.25) is 10.0 Å². The maximum absolute atomic E-state index is 12.1. The number of benzene rings is 1. The summed E-state index contributed by atoms with van der Waals surface area (Å²) in [4.78, 5) is 4.05. The molecule has 0 radical (unpaired) electrons. The maximum atomic E-state index is 12.1. The lowest BCUT2D eigenvalue weighted by atomic mass is 10.2. The summed E-state index contributed by atoms with van der Waals surface area (Å²) in [6, 6.07) is 11.0. The maximum Gasteiger partial charge on any atom is 0.145 e. The molecule has 1 aromatic carbocycles. The van der Waals surface area contributed by atoms with E-state index < -0.39 is 10.8 Å². The van der Waals surface area contributed by atoms with Gasteiger partial charge in [0.2, 0.25) is 0 Å². The van der Waals surface area contributed by atoms with Crippen molar-refractivity contribution in [2.24, 2.45) is 0 Å². The van der Waals surface area contributed by atoms with Gasteiger partial charge in [-0.2, -0.15) is 0 Å². The average Bonchev–Trinajstić information content (AvgIpc) is 2.38. The second-order valence-electron chi connectivity index (χ2n) is 3.68. The fourth-order valence-corrected chi connectivity index (χ4v) is 3.21. The van der Waals surface area contributed by atoms with Gasteiger partial charge in [0, 0.05) is 17.0 Å². The smallest absolute Gasteiger partial charge is 0.145 e. The molecule has 0 aliphatic rings. The van der Waals surface area contributed by atoms with Crippen molar-refractivity contribution in [2.75, 3.05) is 5.75 Å². The zero-order valence-corrected chi connectivity index (χ0v) is 11.8. The minimum atomic E-state index is -1.21. The predicted molar refractivity (Wildman–Crippen MR) is 75.7 cm³/mol. The quantitative estimate of drug-likeness (QED) is 0.861. The largest absolute Gasteiger partial charge is 0.253 e. The molecular weight excluding hydrogens is 289 g/mol. The Morgan fingerprint density at radius 1 is 1.06 bits per heavy atom. The van der Waals surface area contributed by atoms with E-state index in [1.165, 1.54) is 0 Å². The van der Waals surface area contributed by atoms with Crippen molar-refractivity contribution in [2.45, 2.75) is 11.4 Å². The Morgan fingerprint density at radius 2 is 1.78 bits per heavy atom. The molecule has 0 amide bonds. The number of halogens is 2. The third-order valence-electron chi connectivity index (χ3n) is 2.46. The van der Waals surface area contributed by atoms with E-state index in [0.717, 1.165) is 5.56 Å². The molecule has 94 valence electrons. The molecule has 18 heavy (non-hydrogen) atoms.